The highest BCUT2D eigenvalue weighted by Gasteiger charge is 2.15. The lowest BCUT2D eigenvalue weighted by Crippen LogP contribution is -2.39. The van der Waals surface area contributed by atoms with Crippen LogP contribution in [0, 0.1) is 11.7 Å². The average Bonchev–Trinajstić information content (AvgIpc) is 3.15. The van der Waals surface area contributed by atoms with Crippen molar-refractivity contribution in [3.63, 3.8) is 0 Å². The number of nitrogens with one attached hydrogen (secondary N) is 2. The molecule has 0 bridgehead atoms. The molecule has 146 valence electrons. The summed E-state index contributed by atoms with van der Waals surface area (Å²) >= 11 is 0. The predicted octanol–water partition coefficient (Wildman–Crippen LogP) is 2.20. The Balaban J connectivity index is 1.56. The van der Waals surface area contributed by atoms with Gasteiger partial charge in [-0.05, 0) is 31.9 Å². The number of nitrogens with zero attached hydrogens (tertiary/aromatic N) is 1. The molecular weight excluding hydrogens is 337 g/mol. The highest BCUT2D eigenvalue weighted by molar-refractivity contribution is 5.79. The molecule has 1 heterocycles. The molecule has 1 fully saturated rings. The number of ether oxygens (including phenoxy) is 3. The Labute approximate surface area is 155 Å². The minimum absolute atomic E-state index is 0.298. The fourth-order valence-electron chi connectivity index (χ4n) is 2.56. The van der Waals surface area contributed by atoms with E-state index in [1.165, 1.54) is 12.1 Å². The molecule has 1 saturated heterocycles. The van der Waals surface area contributed by atoms with Crippen LogP contribution in [0.5, 0.6) is 5.75 Å². The van der Waals surface area contributed by atoms with E-state index in [1.54, 1.807) is 12.1 Å². The van der Waals surface area contributed by atoms with Gasteiger partial charge in [0.25, 0.3) is 0 Å². The van der Waals surface area contributed by atoms with Gasteiger partial charge in [-0.1, -0.05) is 6.07 Å². The SMILES string of the molecule is CCNC(=NCCCOCC1CCOC1)NCCOc1cccc(F)c1. The lowest BCUT2D eigenvalue weighted by molar-refractivity contribution is 0.0893. The number of guanidine groups is 1. The van der Waals surface area contributed by atoms with Gasteiger partial charge in [0.05, 0.1) is 19.8 Å². The summed E-state index contributed by atoms with van der Waals surface area (Å²) in [6.45, 7) is 7.69. The zero-order valence-electron chi connectivity index (χ0n) is 15.5. The van der Waals surface area contributed by atoms with Crippen LogP contribution in [0.4, 0.5) is 4.39 Å². The minimum Gasteiger partial charge on any atom is -0.492 e. The molecule has 1 unspecified atom stereocenters. The van der Waals surface area contributed by atoms with Crippen LogP contribution in [0.2, 0.25) is 0 Å². The van der Waals surface area contributed by atoms with Crippen molar-refractivity contribution < 1.29 is 18.6 Å². The van der Waals surface area contributed by atoms with Gasteiger partial charge in [0, 0.05) is 38.3 Å². The molecule has 6 nitrogen and oxygen atoms in total. The summed E-state index contributed by atoms with van der Waals surface area (Å²) in [4.78, 5) is 4.52. The second kappa shape index (κ2) is 12.5. The third-order valence-electron chi connectivity index (χ3n) is 3.90. The maximum absolute atomic E-state index is 13.1. The van der Waals surface area contributed by atoms with E-state index >= 15 is 0 Å². The number of hydrogen-bond donors (Lipinski definition) is 2. The van der Waals surface area contributed by atoms with E-state index < -0.39 is 0 Å². The second-order valence-corrected chi connectivity index (χ2v) is 6.15. The Bertz CT molecular complexity index is 537. The van der Waals surface area contributed by atoms with Crippen LogP contribution in [0.25, 0.3) is 0 Å². The van der Waals surface area contributed by atoms with Gasteiger partial charge in [0.1, 0.15) is 18.2 Å². The van der Waals surface area contributed by atoms with Gasteiger partial charge in [-0.3, -0.25) is 4.99 Å². The van der Waals surface area contributed by atoms with Gasteiger partial charge in [-0.15, -0.1) is 0 Å². The van der Waals surface area contributed by atoms with Crippen LogP contribution in [-0.2, 0) is 9.47 Å². The van der Waals surface area contributed by atoms with Crippen molar-refractivity contribution in [2.75, 3.05) is 52.7 Å². The van der Waals surface area contributed by atoms with E-state index in [0.717, 1.165) is 45.2 Å². The first kappa shape index (κ1) is 20.5. The molecule has 1 aromatic rings. The highest BCUT2D eigenvalue weighted by Crippen LogP contribution is 2.12. The van der Waals surface area contributed by atoms with Crippen molar-refractivity contribution in [1.29, 1.82) is 0 Å². The Morgan fingerprint density at radius 2 is 2.27 bits per heavy atom. The first-order chi connectivity index (χ1) is 12.8. The van der Waals surface area contributed by atoms with Crippen LogP contribution >= 0.6 is 0 Å². The third-order valence-corrected chi connectivity index (χ3v) is 3.90. The molecule has 26 heavy (non-hydrogen) atoms. The quantitative estimate of drug-likeness (QED) is 0.357. The monoisotopic (exact) mass is 367 g/mol. The lowest BCUT2D eigenvalue weighted by Gasteiger charge is -2.12. The van der Waals surface area contributed by atoms with E-state index in [1.807, 2.05) is 6.92 Å². The van der Waals surface area contributed by atoms with E-state index in [-0.39, 0.29) is 5.82 Å². The molecule has 0 aliphatic carbocycles. The standard InChI is InChI=1S/C19H30FN3O3/c1-2-21-19(22-8-4-10-24-14-16-7-11-25-15-16)23-9-12-26-18-6-3-5-17(20)13-18/h3,5-6,13,16H,2,4,7-12,14-15H2,1H3,(H2,21,22,23). The first-order valence-electron chi connectivity index (χ1n) is 9.34. The summed E-state index contributed by atoms with van der Waals surface area (Å²) in [6.07, 6.45) is 1.98. The Kier molecular flexibility index (Phi) is 9.82. The van der Waals surface area contributed by atoms with Crippen molar-refractivity contribution in [2.24, 2.45) is 10.9 Å². The minimum atomic E-state index is -0.298. The molecular formula is C19H30FN3O3. The number of halogens is 1. The molecule has 2 rings (SSSR count). The van der Waals surface area contributed by atoms with Crippen LogP contribution < -0.4 is 15.4 Å². The van der Waals surface area contributed by atoms with E-state index in [0.29, 0.717) is 38.0 Å². The van der Waals surface area contributed by atoms with Crippen molar-refractivity contribution in [3.05, 3.63) is 30.1 Å². The number of benzene rings is 1. The largest absolute Gasteiger partial charge is 0.492 e. The molecule has 1 aliphatic rings. The summed E-state index contributed by atoms with van der Waals surface area (Å²) < 4.78 is 29.6. The van der Waals surface area contributed by atoms with Gasteiger partial charge in [0.2, 0.25) is 0 Å². The topological polar surface area (TPSA) is 64.1 Å². The highest BCUT2D eigenvalue weighted by atomic mass is 19.1. The number of aliphatic imine (C=N–C) groups is 1. The maximum Gasteiger partial charge on any atom is 0.191 e. The zero-order valence-corrected chi connectivity index (χ0v) is 15.5. The summed E-state index contributed by atoms with van der Waals surface area (Å²) in [5.41, 5.74) is 0. The van der Waals surface area contributed by atoms with Crippen LogP contribution in [0.1, 0.15) is 19.8 Å². The Morgan fingerprint density at radius 3 is 3.04 bits per heavy atom. The van der Waals surface area contributed by atoms with E-state index in [9.17, 15) is 4.39 Å². The van der Waals surface area contributed by atoms with Crippen molar-refractivity contribution in [2.45, 2.75) is 19.8 Å². The summed E-state index contributed by atoms with van der Waals surface area (Å²) in [7, 11) is 0. The van der Waals surface area contributed by atoms with E-state index in [2.05, 4.69) is 15.6 Å². The maximum atomic E-state index is 13.1. The number of hydrogen-bond acceptors (Lipinski definition) is 4. The van der Waals surface area contributed by atoms with Crippen molar-refractivity contribution in [3.8, 4) is 5.75 Å². The fourth-order valence-corrected chi connectivity index (χ4v) is 2.56. The van der Waals surface area contributed by atoms with Gasteiger partial charge in [-0.25, -0.2) is 4.39 Å². The third kappa shape index (κ3) is 8.49. The van der Waals surface area contributed by atoms with Gasteiger partial charge in [-0.2, -0.15) is 0 Å². The zero-order chi connectivity index (χ0) is 18.5. The first-order valence-corrected chi connectivity index (χ1v) is 9.34. The van der Waals surface area contributed by atoms with E-state index in [4.69, 9.17) is 14.2 Å². The average molecular weight is 367 g/mol. The van der Waals surface area contributed by atoms with Crippen molar-refractivity contribution >= 4 is 5.96 Å². The molecule has 2 N–H and O–H groups in total. The summed E-state index contributed by atoms with van der Waals surface area (Å²) in [5.74, 6) is 1.53. The Hall–Kier alpha value is -1.86. The van der Waals surface area contributed by atoms with Gasteiger partial charge >= 0.3 is 0 Å². The molecule has 0 aromatic heterocycles. The summed E-state index contributed by atoms with van der Waals surface area (Å²) in [6, 6.07) is 6.13. The van der Waals surface area contributed by atoms with Crippen LogP contribution in [-0.4, -0.2) is 58.6 Å². The van der Waals surface area contributed by atoms with Crippen molar-refractivity contribution in [1.82, 2.24) is 10.6 Å². The summed E-state index contributed by atoms with van der Waals surface area (Å²) in [5, 5.41) is 6.40. The molecule has 0 amide bonds. The fraction of sp³-hybridized carbons (Fsp3) is 0.632. The smallest absolute Gasteiger partial charge is 0.191 e. The number of rotatable bonds is 11. The van der Waals surface area contributed by atoms with Gasteiger partial charge in [0.15, 0.2) is 5.96 Å². The van der Waals surface area contributed by atoms with Crippen LogP contribution in [0.15, 0.2) is 29.3 Å². The molecule has 1 aliphatic heterocycles. The molecule has 0 spiro atoms. The van der Waals surface area contributed by atoms with Crippen LogP contribution in [0.3, 0.4) is 0 Å². The molecule has 1 aromatic carbocycles. The Morgan fingerprint density at radius 1 is 1.35 bits per heavy atom. The lowest BCUT2D eigenvalue weighted by atomic mass is 10.1. The van der Waals surface area contributed by atoms with Gasteiger partial charge < -0.3 is 24.8 Å². The molecule has 7 heteroatoms. The molecule has 0 radical (unpaired) electrons. The normalized spacial score (nSPS) is 17.3. The molecule has 1 atom stereocenters. The second-order valence-electron chi connectivity index (χ2n) is 6.15. The molecule has 0 saturated carbocycles. The predicted molar refractivity (Wildman–Crippen MR) is 100 cm³/mol.